The zero-order chi connectivity index (χ0) is 16.9. The Morgan fingerprint density at radius 3 is 2.79 bits per heavy atom. The first-order valence-corrected chi connectivity index (χ1v) is 8.98. The van der Waals surface area contributed by atoms with Crippen molar-refractivity contribution in [3.63, 3.8) is 0 Å². The summed E-state index contributed by atoms with van der Waals surface area (Å²) in [6, 6.07) is 9.29. The summed E-state index contributed by atoms with van der Waals surface area (Å²) in [4.78, 5) is 19.1. The van der Waals surface area contributed by atoms with E-state index in [0.29, 0.717) is 16.6 Å². The van der Waals surface area contributed by atoms with Crippen LogP contribution in [0.15, 0.2) is 30.3 Å². The highest BCUT2D eigenvalue weighted by molar-refractivity contribution is 6.31. The molecular weight excluding hydrogens is 324 g/mol. The lowest BCUT2D eigenvalue weighted by Gasteiger charge is -2.31. The van der Waals surface area contributed by atoms with Gasteiger partial charge in [-0.15, -0.1) is 0 Å². The maximum Gasteiger partial charge on any atom is 0.272 e. The monoisotopic (exact) mass is 346 g/mol. The van der Waals surface area contributed by atoms with Crippen LogP contribution in [0.3, 0.4) is 0 Å². The highest BCUT2D eigenvalue weighted by Crippen LogP contribution is 2.23. The van der Waals surface area contributed by atoms with Gasteiger partial charge in [0.15, 0.2) is 0 Å². The minimum atomic E-state index is 0.0140. The van der Waals surface area contributed by atoms with Crippen LogP contribution in [0.5, 0.6) is 0 Å². The van der Waals surface area contributed by atoms with Crippen molar-refractivity contribution in [2.45, 2.75) is 26.2 Å². The number of rotatable bonds is 5. The fraction of sp³-hybridized carbons (Fsp3) is 0.474. The summed E-state index contributed by atoms with van der Waals surface area (Å²) >= 11 is 6.02. The maximum absolute atomic E-state index is 12.7. The number of benzene rings is 1. The van der Waals surface area contributed by atoms with Crippen molar-refractivity contribution in [3.05, 3.63) is 41.0 Å². The van der Waals surface area contributed by atoms with E-state index in [0.717, 1.165) is 56.5 Å². The van der Waals surface area contributed by atoms with E-state index in [2.05, 4.69) is 4.98 Å². The fourth-order valence-corrected chi connectivity index (χ4v) is 3.36. The minimum absolute atomic E-state index is 0.0140. The summed E-state index contributed by atoms with van der Waals surface area (Å²) in [5.74, 6) is 0.670. The molecule has 128 valence electrons. The van der Waals surface area contributed by atoms with Gasteiger partial charge in [0.25, 0.3) is 5.91 Å². The summed E-state index contributed by atoms with van der Waals surface area (Å²) < 4.78 is 5.43. The first-order chi connectivity index (χ1) is 11.7. The first kappa shape index (κ1) is 17.2. The Balaban J connectivity index is 1.63. The molecule has 2 heterocycles. The van der Waals surface area contributed by atoms with Gasteiger partial charge >= 0.3 is 0 Å². The zero-order valence-electron chi connectivity index (χ0n) is 14.0. The van der Waals surface area contributed by atoms with Crippen LogP contribution < -0.4 is 0 Å². The molecule has 3 rings (SSSR count). The molecule has 24 heavy (non-hydrogen) atoms. The molecule has 0 N–H and O–H groups in total. The van der Waals surface area contributed by atoms with Crippen LogP contribution in [0.1, 0.15) is 36.7 Å². The average Bonchev–Trinajstić information content (AvgIpc) is 2.61. The van der Waals surface area contributed by atoms with Gasteiger partial charge in [-0.3, -0.25) is 4.79 Å². The predicted molar refractivity (Wildman–Crippen MR) is 96.5 cm³/mol. The van der Waals surface area contributed by atoms with Crippen molar-refractivity contribution >= 4 is 28.4 Å². The Bertz CT molecular complexity index is 712. The maximum atomic E-state index is 12.7. The number of amides is 1. The summed E-state index contributed by atoms with van der Waals surface area (Å²) in [7, 11) is 0. The molecule has 0 unspecified atom stereocenters. The van der Waals surface area contributed by atoms with Crippen molar-refractivity contribution in [2.24, 2.45) is 5.92 Å². The van der Waals surface area contributed by atoms with E-state index >= 15 is 0 Å². The molecule has 5 heteroatoms. The molecule has 0 atom stereocenters. The molecule has 1 amide bonds. The fourth-order valence-electron chi connectivity index (χ4n) is 3.19. The van der Waals surface area contributed by atoms with Crippen LogP contribution >= 0.6 is 11.6 Å². The van der Waals surface area contributed by atoms with Crippen LogP contribution in [-0.2, 0) is 4.74 Å². The van der Waals surface area contributed by atoms with E-state index in [1.165, 1.54) is 0 Å². The third-order valence-electron chi connectivity index (χ3n) is 4.65. The molecular formula is C19H23ClN2O2. The second-order valence-electron chi connectivity index (χ2n) is 6.25. The second-order valence-corrected chi connectivity index (χ2v) is 6.69. The molecule has 0 aliphatic carbocycles. The van der Waals surface area contributed by atoms with Crippen LogP contribution in [0.25, 0.3) is 10.9 Å². The van der Waals surface area contributed by atoms with Gasteiger partial charge in [0, 0.05) is 36.7 Å². The van der Waals surface area contributed by atoms with Crippen molar-refractivity contribution in [2.75, 3.05) is 26.3 Å². The summed E-state index contributed by atoms with van der Waals surface area (Å²) in [6.45, 7) is 5.21. The lowest BCUT2D eigenvalue weighted by molar-refractivity contribution is 0.0652. The Morgan fingerprint density at radius 1 is 1.29 bits per heavy atom. The van der Waals surface area contributed by atoms with Crippen molar-refractivity contribution in [1.82, 2.24) is 9.88 Å². The molecule has 1 aromatic heterocycles. The van der Waals surface area contributed by atoms with Crippen LogP contribution in [-0.4, -0.2) is 42.1 Å². The smallest absolute Gasteiger partial charge is 0.272 e. The van der Waals surface area contributed by atoms with E-state index in [4.69, 9.17) is 16.3 Å². The van der Waals surface area contributed by atoms with E-state index in [-0.39, 0.29) is 5.91 Å². The third-order valence-corrected chi connectivity index (χ3v) is 4.88. The van der Waals surface area contributed by atoms with E-state index in [1.807, 2.05) is 30.0 Å². The van der Waals surface area contributed by atoms with Gasteiger partial charge in [-0.2, -0.15) is 0 Å². The van der Waals surface area contributed by atoms with E-state index in [1.54, 1.807) is 12.1 Å². The number of hydrogen-bond acceptors (Lipinski definition) is 3. The zero-order valence-corrected chi connectivity index (χ0v) is 14.8. The minimum Gasteiger partial charge on any atom is -0.382 e. The van der Waals surface area contributed by atoms with Gasteiger partial charge < -0.3 is 9.64 Å². The average molecular weight is 347 g/mol. The number of ether oxygens (including phenoxy) is 1. The topological polar surface area (TPSA) is 42.4 Å². The molecule has 0 saturated carbocycles. The van der Waals surface area contributed by atoms with Crippen LogP contribution in [0, 0.1) is 5.92 Å². The number of hydrogen-bond donors (Lipinski definition) is 0. The standard InChI is InChI=1S/C19H23ClN2O2/c1-2-24-12-9-14-7-10-22(11-8-14)19(23)17-6-4-15-3-5-16(20)13-18(15)21-17/h3-6,13-14H,2,7-12H2,1H3. The van der Waals surface area contributed by atoms with Crippen LogP contribution in [0.2, 0.25) is 5.02 Å². The number of carbonyl (C=O) groups is 1. The molecule has 1 aromatic carbocycles. The van der Waals surface area contributed by atoms with Gasteiger partial charge in [-0.05, 0) is 50.3 Å². The summed E-state index contributed by atoms with van der Waals surface area (Å²) in [5, 5.41) is 1.63. The molecule has 1 aliphatic rings. The predicted octanol–water partition coefficient (Wildman–Crippen LogP) is 4.17. The van der Waals surface area contributed by atoms with Crippen molar-refractivity contribution in [3.8, 4) is 0 Å². The van der Waals surface area contributed by atoms with Gasteiger partial charge in [0.2, 0.25) is 0 Å². The third kappa shape index (κ3) is 4.05. The highest BCUT2D eigenvalue weighted by atomic mass is 35.5. The molecule has 1 saturated heterocycles. The molecule has 1 aliphatic heterocycles. The van der Waals surface area contributed by atoms with Gasteiger partial charge in [-0.1, -0.05) is 23.7 Å². The molecule has 0 radical (unpaired) electrons. The van der Waals surface area contributed by atoms with Crippen LogP contribution in [0.4, 0.5) is 0 Å². The van der Waals surface area contributed by atoms with E-state index in [9.17, 15) is 4.79 Å². The number of aromatic nitrogens is 1. The quantitative estimate of drug-likeness (QED) is 0.763. The first-order valence-electron chi connectivity index (χ1n) is 8.60. The molecule has 0 bridgehead atoms. The lowest BCUT2D eigenvalue weighted by atomic mass is 9.94. The summed E-state index contributed by atoms with van der Waals surface area (Å²) in [6.07, 6.45) is 3.17. The number of likely N-dealkylation sites (tertiary alicyclic amines) is 1. The largest absolute Gasteiger partial charge is 0.382 e. The lowest BCUT2D eigenvalue weighted by Crippen LogP contribution is -2.39. The van der Waals surface area contributed by atoms with Crippen molar-refractivity contribution in [1.29, 1.82) is 0 Å². The number of nitrogens with zero attached hydrogens (tertiary/aromatic N) is 2. The van der Waals surface area contributed by atoms with Gasteiger partial charge in [-0.25, -0.2) is 4.98 Å². The highest BCUT2D eigenvalue weighted by Gasteiger charge is 2.24. The van der Waals surface area contributed by atoms with Gasteiger partial charge in [0.1, 0.15) is 5.69 Å². The SMILES string of the molecule is CCOCCC1CCN(C(=O)c2ccc3ccc(Cl)cc3n2)CC1. The Hall–Kier alpha value is -1.65. The molecule has 2 aromatic rings. The molecule has 1 fully saturated rings. The normalized spacial score (nSPS) is 15.8. The Kier molecular flexibility index (Phi) is 5.69. The van der Waals surface area contributed by atoms with Gasteiger partial charge in [0.05, 0.1) is 5.52 Å². The van der Waals surface area contributed by atoms with Crippen molar-refractivity contribution < 1.29 is 9.53 Å². The number of fused-ring (bicyclic) bond motifs is 1. The number of carbonyl (C=O) groups excluding carboxylic acids is 1. The second kappa shape index (κ2) is 7.95. The number of halogens is 1. The molecule has 4 nitrogen and oxygen atoms in total. The summed E-state index contributed by atoms with van der Waals surface area (Å²) in [5.41, 5.74) is 1.26. The molecule has 0 spiro atoms. The Labute approximate surface area is 147 Å². The number of pyridine rings is 1. The Morgan fingerprint density at radius 2 is 2.04 bits per heavy atom. The van der Waals surface area contributed by atoms with E-state index < -0.39 is 0 Å². The number of piperidine rings is 1.